The molecule has 0 aliphatic carbocycles. The van der Waals surface area contributed by atoms with Gasteiger partial charge in [0.15, 0.2) is 5.75 Å². The summed E-state index contributed by atoms with van der Waals surface area (Å²) in [5.74, 6) is 0.245. The summed E-state index contributed by atoms with van der Waals surface area (Å²) in [7, 11) is 1.43. The highest BCUT2D eigenvalue weighted by molar-refractivity contribution is 5.75. The van der Waals surface area contributed by atoms with Crippen molar-refractivity contribution in [3.8, 4) is 5.75 Å². The number of nitro groups is 1. The Labute approximate surface area is 128 Å². The fraction of sp³-hybridized carbons (Fsp3) is 0.250. The zero-order valence-electron chi connectivity index (χ0n) is 12.3. The van der Waals surface area contributed by atoms with Crippen LogP contribution in [-0.2, 0) is 6.42 Å². The molecule has 0 spiro atoms. The van der Waals surface area contributed by atoms with E-state index >= 15 is 0 Å². The molecular formula is C16H17N3O3. The second-order valence-electron chi connectivity index (χ2n) is 5.14. The van der Waals surface area contributed by atoms with Crippen LogP contribution in [0.4, 0.5) is 22.7 Å². The predicted octanol–water partition coefficient (Wildman–Crippen LogP) is 3.71. The fourth-order valence-electron chi connectivity index (χ4n) is 2.68. The van der Waals surface area contributed by atoms with E-state index in [9.17, 15) is 10.1 Å². The van der Waals surface area contributed by atoms with E-state index in [4.69, 9.17) is 4.74 Å². The number of nitrogens with one attached hydrogen (secondary N) is 2. The fourth-order valence-corrected chi connectivity index (χ4v) is 2.68. The average Bonchev–Trinajstić information content (AvgIpc) is 2.54. The topological polar surface area (TPSA) is 76.4 Å². The van der Waals surface area contributed by atoms with Crippen molar-refractivity contribution in [2.24, 2.45) is 0 Å². The number of hydrogen-bond donors (Lipinski definition) is 2. The van der Waals surface area contributed by atoms with Crippen LogP contribution < -0.4 is 15.4 Å². The number of methoxy groups -OCH3 is 1. The standard InChI is InChI=1S/C16H17N3O3/c1-22-15-6-2-5-14(16(15)19(20)21)18-12-7-8-13-11(10-12)4-3-9-17-13/h2,5-8,10,17-18H,3-4,9H2,1H3. The summed E-state index contributed by atoms with van der Waals surface area (Å²) in [6, 6.07) is 10.9. The number of ether oxygens (including phenoxy) is 1. The van der Waals surface area contributed by atoms with E-state index in [0.717, 1.165) is 30.8 Å². The molecule has 6 heteroatoms. The van der Waals surface area contributed by atoms with Crippen LogP contribution in [0.25, 0.3) is 0 Å². The molecule has 2 aromatic carbocycles. The Kier molecular flexibility index (Phi) is 3.82. The van der Waals surface area contributed by atoms with Gasteiger partial charge in [0, 0.05) is 17.9 Å². The predicted molar refractivity (Wildman–Crippen MR) is 86.2 cm³/mol. The zero-order valence-corrected chi connectivity index (χ0v) is 12.3. The molecule has 0 saturated carbocycles. The minimum Gasteiger partial charge on any atom is -0.490 e. The lowest BCUT2D eigenvalue weighted by Crippen LogP contribution is -2.11. The highest BCUT2D eigenvalue weighted by Crippen LogP contribution is 2.37. The van der Waals surface area contributed by atoms with Crippen molar-refractivity contribution < 1.29 is 9.66 Å². The van der Waals surface area contributed by atoms with Gasteiger partial charge in [-0.05, 0) is 48.7 Å². The van der Waals surface area contributed by atoms with Crippen molar-refractivity contribution in [1.82, 2.24) is 0 Å². The van der Waals surface area contributed by atoms with E-state index in [1.807, 2.05) is 18.2 Å². The monoisotopic (exact) mass is 299 g/mol. The number of fused-ring (bicyclic) bond motifs is 1. The third-order valence-electron chi connectivity index (χ3n) is 3.72. The molecule has 114 valence electrons. The molecule has 3 rings (SSSR count). The Bertz CT molecular complexity index is 716. The van der Waals surface area contributed by atoms with Gasteiger partial charge in [0.2, 0.25) is 0 Å². The van der Waals surface area contributed by atoms with Crippen LogP contribution in [0.2, 0.25) is 0 Å². The Morgan fingerprint density at radius 1 is 1.32 bits per heavy atom. The summed E-state index contributed by atoms with van der Waals surface area (Å²) in [6.45, 7) is 0.987. The normalized spacial score (nSPS) is 13.0. The van der Waals surface area contributed by atoms with Gasteiger partial charge in [-0.3, -0.25) is 10.1 Å². The van der Waals surface area contributed by atoms with Gasteiger partial charge in [-0.25, -0.2) is 0 Å². The van der Waals surface area contributed by atoms with Crippen LogP contribution in [-0.4, -0.2) is 18.6 Å². The second-order valence-corrected chi connectivity index (χ2v) is 5.14. The van der Waals surface area contributed by atoms with Gasteiger partial charge >= 0.3 is 5.69 Å². The molecule has 0 amide bonds. The van der Waals surface area contributed by atoms with E-state index in [2.05, 4.69) is 10.6 Å². The Hall–Kier alpha value is -2.76. The number of benzene rings is 2. The molecule has 1 heterocycles. The van der Waals surface area contributed by atoms with Gasteiger partial charge in [-0.1, -0.05) is 6.07 Å². The van der Waals surface area contributed by atoms with Crippen LogP contribution in [0, 0.1) is 10.1 Å². The number of nitro benzene ring substituents is 1. The van der Waals surface area contributed by atoms with Crippen molar-refractivity contribution in [1.29, 1.82) is 0 Å². The molecule has 0 bridgehead atoms. The number of rotatable bonds is 4. The van der Waals surface area contributed by atoms with Crippen molar-refractivity contribution in [2.45, 2.75) is 12.8 Å². The molecule has 1 aliphatic rings. The summed E-state index contributed by atoms with van der Waals surface area (Å²) < 4.78 is 5.08. The molecule has 2 N–H and O–H groups in total. The van der Waals surface area contributed by atoms with Gasteiger partial charge in [0.05, 0.1) is 12.0 Å². The first-order valence-corrected chi connectivity index (χ1v) is 7.14. The minimum absolute atomic E-state index is 0.0548. The van der Waals surface area contributed by atoms with E-state index in [-0.39, 0.29) is 11.4 Å². The van der Waals surface area contributed by atoms with E-state index in [1.54, 1.807) is 18.2 Å². The van der Waals surface area contributed by atoms with Gasteiger partial charge < -0.3 is 15.4 Å². The number of hydrogen-bond acceptors (Lipinski definition) is 5. The quantitative estimate of drug-likeness (QED) is 0.665. The van der Waals surface area contributed by atoms with E-state index < -0.39 is 4.92 Å². The first kappa shape index (κ1) is 14.2. The Morgan fingerprint density at radius 3 is 2.95 bits per heavy atom. The first-order chi connectivity index (χ1) is 10.7. The molecule has 0 atom stereocenters. The van der Waals surface area contributed by atoms with E-state index in [0.29, 0.717) is 5.69 Å². The third kappa shape index (κ3) is 2.67. The van der Waals surface area contributed by atoms with Crippen LogP contribution in [0.15, 0.2) is 36.4 Å². The Morgan fingerprint density at radius 2 is 2.18 bits per heavy atom. The minimum atomic E-state index is -0.429. The maximum absolute atomic E-state index is 11.3. The Balaban J connectivity index is 1.95. The highest BCUT2D eigenvalue weighted by Gasteiger charge is 2.20. The lowest BCUT2D eigenvalue weighted by Gasteiger charge is -2.19. The number of para-hydroxylation sites is 1. The van der Waals surface area contributed by atoms with Crippen LogP contribution in [0.5, 0.6) is 5.75 Å². The largest absolute Gasteiger partial charge is 0.490 e. The zero-order chi connectivity index (χ0) is 15.5. The first-order valence-electron chi connectivity index (χ1n) is 7.14. The van der Waals surface area contributed by atoms with Crippen molar-refractivity contribution >= 4 is 22.7 Å². The molecule has 6 nitrogen and oxygen atoms in total. The maximum Gasteiger partial charge on any atom is 0.334 e. The second kappa shape index (κ2) is 5.93. The van der Waals surface area contributed by atoms with Gasteiger partial charge in [-0.2, -0.15) is 0 Å². The lowest BCUT2D eigenvalue weighted by molar-refractivity contribution is -0.384. The maximum atomic E-state index is 11.3. The average molecular weight is 299 g/mol. The highest BCUT2D eigenvalue weighted by atomic mass is 16.6. The number of nitrogens with zero attached hydrogens (tertiary/aromatic N) is 1. The van der Waals surface area contributed by atoms with E-state index in [1.165, 1.54) is 12.7 Å². The van der Waals surface area contributed by atoms with Crippen molar-refractivity contribution in [2.75, 3.05) is 24.3 Å². The van der Waals surface area contributed by atoms with Gasteiger partial charge in [0.25, 0.3) is 0 Å². The summed E-state index contributed by atoms with van der Waals surface area (Å²) in [4.78, 5) is 10.9. The van der Waals surface area contributed by atoms with Crippen molar-refractivity contribution in [3.05, 3.63) is 52.1 Å². The van der Waals surface area contributed by atoms with Crippen LogP contribution in [0.3, 0.4) is 0 Å². The molecule has 2 aromatic rings. The van der Waals surface area contributed by atoms with Crippen LogP contribution >= 0.6 is 0 Å². The van der Waals surface area contributed by atoms with Gasteiger partial charge in [-0.15, -0.1) is 0 Å². The number of anilines is 3. The molecule has 0 fully saturated rings. The molecule has 0 saturated heterocycles. The summed E-state index contributed by atoms with van der Waals surface area (Å²) in [5, 5.41) is 17.8. The molecular weight excluding hydrogens is 282 g/mol. The molecule has 0 aromatic heterocycles. The molecule has 0 unspecified atom stereocenters. The third-order valence-corrected chi connectivity index (χ3v) is 3.72. The SMILES string of the molecule is COc1cccc(Nc2ccc3c(c2)CCCN3)c1[N+](=O)[O-]. The molecule has 22 heavy (non-hydrogen) atoms. The van der Waals surface area contributed by atoms with Crippen molar-refractivity contribution in [3.63, 3.8) is 0 Å². The summed E-state index contributed by atoms with van der Waals surface area (Å²) in [6.07, 6.45) is 2.10. The number of aryl methyl sites for hydroxylation is 1. The summed E-state index contributed by atoms with van der Waals surface area (Å²) in [5.41, 5.74) is 3.56. The molecule has 0 radical (unpaired) electrons. The molecule has 1 aliphatic heterocycles. The smallest absolute Gasteiger partial charge is 0.334 e. The summed E-state index contributed by atoms with van der Waals surface area (Å²) >= 11 is 0. The van der Waals surface area contributed by atoms with Crippen LogP contribution in [0.1, 0.15) is 12.0 Å². The van der Waals surface area contributed by atoms with Gasteiger partial charge in [0.1, 0.15) is 5.69 Å². The lowest BCUT2D eigenvalue weighted by atomic mass is 10.0.